The van der Waals surface area contributed by atoms with E-state index in [1.807, 2.05) is 0 Å². The Hall–Kier alpha value is -0.470. The average molecular weight is 348 g/mol. The standard InChI is InChI=1S/C11H17IN4O/c1-14-2-4-15(5-3-14)6-7-16-11(17)8-10(12)9-13-16/h8-9H,2-7H2,1H3. The third-order valence-corrected chi connectivity index (χ3v) is 3.65. The molecular formula is C11H17IN4O. The molecule has 6 heteroatoms. The molecule has 1 aliphatic rings. The Morgan fingerprint density at radius 1 is 1.29 bits per heavy atom. The summed E-state index contributed by atoms with van der Waals surface area (Å²) in [5.74, 6) is 0. The summed E-state index contributed by atoms with van der Waals surface area (Å²) in [5.41, 5.74) is -0.00831. The molecule has 0 radical (unpaired) electrons. The summed E-state index contributed by atoms with van der Waals surface area (Å²) >= 11 is 2.10. The minimum atomic E-state index is -0.00831. The summed E-state index contributed by atoms with van der Waals surface area (Å²) in [6.07, 6.45) is 1.73. The lowest BCUT2D eigenvalue weighted by molar-refractivity contribution is 0.148. The van der Waals surface area contributed by atoms with Crippen molar-refractivity contribution >= 4 is 22.6 Å². The molecule has 2 heterocycles. The molecule has 94 valence electrons. The highest BCUT2D eigenvalue weighted by Crippen LogP contribution is 1.99. The van der Waals surface area contributed by atoms with Gasteiger partial charge in [0.25, 0.3) is 5.56 Å². The summed E-state index contributed by atoms with van der Waals surface area (Å²) < 4.78 is 2.43. The predicted octanol–water partition coefficient (Wildman–Crippen LogP) is 0.0953. The van der Waals surface area contributed by atoms with Gasteiger partial charge in [0.15, 0.2) is 0 Å². The van der Waals surface area contributed by atoms with E-state index in [2.05, 4.69) is 44.5 Å². The SMILES string of the molecule is CN1CCN(CCn2ncc(I)cc2=O)CC1. The zero-order valence-electron chi connectivity index (χ0n) is 9.97. The van der Waals surface area contributed by atoms with Crippen LogP contribution >= 0.6 is 22.6 Å². The van der Waals surface area contributed by atoms with Crippen molar-refractivity contribution < 1.29 is 0 Å². The van der Waals surface area contributed by atoms with Gasteiger partial charge in [-0.05, 0) is 29.6 Å². The predicted molar refractivity (Wildman–Crippen MR) is 75.2 cm³/mol. The summed E-state index contributed by atoms with van der Waals surface area (Å²) in [5, 5.41) is 4.14. The van der Waals surface area contributed by atoms with Crippen molar-refractivity contribution in [1.82, 2.24) is 19.6 Å². The van der Waals surface area contributed by atoms with E-state index in [0.29, 0.717) is 6.54 Å². The van der Waals surface area contributed by atoms with Gasteiger partial charge in [-0.25, -0.2) is 4.68 Å². The molecule has 0 saturated carbocycles. The molecule has 0 aliphatic carbocycles. The Bertz CT molecular complexity index is 426. The van der Waals surface area contributed by atoms with Crippen molar-refractivity contribution in [3.05, 3.63) is 26.2 Å². The van der Waals surface area contributed by atoms with E-state index in [1.165, 1.54) is 0 Å². The second-order valence-electron chi connectivity index (χ2n) is 4.38. The van der Waals surface area contributed by atoms with Crippen molar-refractivity contribution in [2.75, 3.05) is 39.8 Å². The molecule has 0 spiro atoms. The fraction of sp³-hybridized carbons (Fsp3) is 0.636. The van der Waals surface area contributed by atoms with E-state index in [1.54, 1.807) is 16.9 Å². The van der Waals surface area contributed by atoms with Crippen LogP contribution in [0.3, 0.4) is 0 Å². The molecule has 1 aromatic rings. The number of aromatic nitrogens is 2. The van der Waals surface area contributed by atoms with Crippen molar-refractivity contribution in [2.45, 2.75) is 6.54 Å². The fourth-order valence-electron chi connectivity index (χ4n) is 1.89. The first-order valence-electron chi connectivity index (χ1n) is 5.79. The van der Waals surface area contributed by atoms with Crippen LogP contribution in [0.4, 0.5) is 0 Å². The highest BCUT2D eigenvalue weighted by atomic mass is 127. The number of likely N-dealkylation sites (N-methyl/N-ethyl adjacent to an activating group) is 1. The topological polar surface area (TPSA) is 41.4 Å². The van der Waals surface area contributed by atoms with Crippen LogP contribution in [0, 0.1) is 3.57 Å². The molecular weight excluding hydrogens is 331 g/mol. The maximum absolute atomic E-state index is 11.6. The number of piperazine rings is 1. The number of rotatable bonds is 3. The van der Waals surface area contributed by atoms with Gasteiger partial charge < -0.3 is 4.90 Å². The van der Waals surface area contributed by atoms with Crippen LogP contribution in [0.15, 0.2) is 17.1 Å². The first-order chi connectivity index (χ1) is 8.15. The molecule has 0 amide bonds. The molecule has 5 nitrogen and oxygen atoms in total. The Labute approximate surface area is 115 Å². The lowest BCUT2D eigenvalue weighted by Crippen LogP contribution is -2.46. The monoisotopic (exact) mass is 348 g/mol. The summed E-state index contributed by atoms with van der Waals surface area (Å²) in [7, 11) is 2.14. The van der Waals surface area contributed by atoms with Gasteiger partial charge >= 0.3 is 0 Å². The van der Waals surface area contributed by atoms with Gasteiger partial charge in [-0.1, -0.05) is 0 Å². The summed E-state index contributed by atoms with van der Waals surface area (Å²) in [6, 6.07) is 1.62. The second-order valence-corrected chi connectivity index (χ2v) is 5.63. The third kappa shape index (κ3) is 3.75. The van der Waals surface area contributed by atoms with E-state index < -0.39 is 0 Å². The fourth-order valence-corrected chi connectivity index (χ4v) is 2.28. The molecule has 1 aromatic heterocycles. The summed E-state index contributed by atoms with van der Waals surface area (Å²) in [6.45, 7) is 5.95. The molecule has 0 unspecified atom stereocenters. The van der Waals surface area contributed by atoms with E-state index in [9.17, 15) is 4.79 Å². The zero-order valence-corrected chi connectivity index (χ0v) is 12.1. The van der Waals surface area contributed by atoms with E-state index in [4.69, 9.17) is 0 Å². The van der Waals surface area contributed by atoms with Crippen molar-refractivity contribution in [3.63, 3.8) is 0 Å². The summed E-state index contributed by atoms with van der Waals surface area (Å²) in [4.78, 5) is 16.3. The zero-order chi connectivity index (χ0) is 12.3. The van der Waals surface area contributed by atoms with E-state index >= 15 is 0 Å². The maximum Gasteiger partial charge on any atom is 0.267 e. The smallest absolute Gasteiger partial charge is 0.267 e. The third-order valence-electron chi connectivity index (χ3n) is 3.06. The van der Waals surface area contributed by atoms with E-state index in [0.717, 1.165) is 36.3 Å². The Morgan fingerprint density at radius 3 is 2.65 bits per heavy atom. The molecule has 1 saturated heterocycles. The van der Waals surface area contributed by atoms with Gasteiger partial charge in [0.2, 0.25) is 0 Å². The quantitative estimate of drug-likeness (QED) is 0.727. The molecule has 17 heavy (non-hydrogen) atoms. The molecule has 0 bridgehead atoms. The van der Waals surface area contributed by atoms with Crippen molar-refractivity contribution in [3.8, 4) is 0 Å². The Kier molecular flexibility index (Phi) is 4.52. The van der Waals surface area contributed by atoms with Crippen LogP contribution < -0.4 is 5.56 Å². The van der Waals surface area contributed by atoms with Crippen LogP contribution in [0.1, 0.15) is 0 Å². The second kappa shape index (κ2) is 5.92. The van der Waals surface area contributed by atoms with Gasteiger partial charge in [-0.15, -0.1) is 0 Å². The van der Waals surface area contributed by atoms with Gasteiger partial charge in [-0.2, -0.15) is 5.10 Å². The lowest BCUT2D eigenvalue weighted by atomic mass is 10.3. The molecule has 1 fully saturated rings. The Morgan fingerprint density at radius 2 is 2.00 bits per heavy atom. The minimum Gasteiger partial charge on any atom is -0.304 e. The van der Waals surface area contributed by atoms with Crippen LogP contribution in [-0.4, -0.2) is 59.4 Å². The normalized spacial score (nSPS) is 18.5. The number of halogens is 1. The Balaban J connectivity index is 1.87. The largest absolute Gasteiger partial charge is 0.304 e. The first-order valence-corrected chi connectivity index (χ1v) is 6.86. The number of hydrogen-bond donors (Lipinski definition) is 0. The average Bonchev–Trinajstić information content (AvgIpc) is 2.30. The highest BCUT2D eigenvalue weighted by molar-refractivity contribution is 14.1. The number of hydrogen-bond acceptors (Lipinski definition) is 4. The van der Waals surface area contributed by atoms with Crippen molar-refractivity contribution in [1.29, 1.82) is 0 Å². The first kappa shape index (κ1) is 13.0. The maximum atomic E-state index is 11.6. The van der Waals surface area contributed by atoms with Crippen LogP contribution in [0.2, 0.25) is 0 Å². The van der Waals surface area contributed by atoms with Gasteiger partial charge in [-0.3, -0.25) is 9.69 Å². The van der Waals surface area contributed by atoms with E-state index in [-0.39, 0.29) is 5.56 Å². The van der Waals surface area contributed by atoms with Crippen LogP contribution in [0.5, 0.6) is 0 Å². The number of nitrogens with zero attached hydrogens (tertiary/aromatic N) is 4. The van der Waals surface area contributed by atoms with Gasteiger partial charge in [0.05, 0.1) is 12.7 Å². The minimum absolute atomic E-state index is 0.00831. The highest BCUT2D eigenvalue weighted by Gasteiger charge is 2.13. The van der Waals surface area contributed by atoms with Crippen LogP contribution in [0.25, 0.3) is 0 Å². The molecule has 0 aromatic carbocycles. The molecule has 0 N–H and O–H groups in total. The van der Waals surface area contributed by atoms with Crippen LogP contribution in [-0.2, 0) is 6.54 Å². The lowest BCUT2D eigenvalue weighted by Gasteiger charge is -2.32. The van der Waals surface area contributed by atoms with Gasteiger partial charge in [0, 0.05) is 42.4 Å². The van der Waals surface area contributed by atoms with Gasteiger partial charge in [0.1, 0.15) is 0 Å². The molecule has 0 atom stereocenters. The molecule has 1 aliphatic heterocycles. The van der Waals surface area contributed by atoms with Crippen molar-refractivity contribution in [2.24, 2.45) is 0 Å². The molecule has 2 rings (SSSR count).